The van der Waals surface area contributed by atoms with Crippen molar-refractivity contribution >= 4 is 11.9 Å². The standard InChI is InChI=1S/C22H25NO5/c1-27-19-10-9-17(20(13-19)28-2)12-21(24)23-11-3-4-18(14-23)15-5-7-16(8-6-15)22(25)26/h5-10,13,18H,3-4,11-12,14H2,1-2H3,(H,25,26)/t18-/m0/s1. The third kappa shape index (κ3) is 4.44. The average molecular weight is 383 g/mol. The second-order valence-corrected chi connectivity index (χ2v) is 6.96. The molecular weight excluding hydrogens is 358 g/mol. The SMILES string of the molecule is COc1ccc(CC(=O)N2CCC[C@H](c3ccc(C(=O)O)cc3)C2)c(OC)c1. The van der Waals surface area contributed by atoms with Gasteiger partial charge < -0.3 is 19.5 Å². The molecule has 1 N–H and O–H groups in total. The molecule has 0 radical (unpaired) electrons. The minimum atomic E-state index is -0.930. The molecule has 3 rings (SSSR count). The monoisotopic (exact) mass is 383 g/mol. The van der Waals surface area contributed by atoms with Crippen LogP contribution in [-0.4, -0.2) is 49.2 Å². The van der Waals surface area contributed by atoms with E-state index in [0.29, 0.717) is 18.0 Å². The maximum atomic E-state index is 12.9. The molecule has 1 fully saturated rings. The Morgan fingerprint density at radius 1 is 1.11 bits per heavy atom. The van der Waals surface area contributed by atoms with Gasteiger partial charge in [0.25, 0.3) is 0 Å². The summed E-state index contributed by atoms with van der Waals surface area (Å²) in [5.74, 6) is 0.690. The second-order valence-electron chi connectivity index (χ2n) is 6.96. The van der Waals surface area contributed by atoms with E-state index in [4.69, 9.17) is 14.6 Å². The maximum absolute atomic E-state index is 12.9. The molecule has 28 heavy (non-hydrogen) atoms. The third-order valence-electron chi connectivity index (χ3n) is 5.24. The van der Waals surface area contributed by atoms with Gasteiger partial charge in [-0.1, -0.05) is 18.2 Å². The zero-order valence-corrected chi connectivity index (χ0v) is 16.2. The van der Waals surface area contributed by atoms with Gasteiger partial charge in [0, 0.05) is 30.6 Å². The first-order chi connectivity index (χ1) is 13.5. The Bertz CT molecular complexity index is 847. The topological polar surface area (TPSA) is 76.1 Å². The summed E-state index contributed by atoms with van der Waals surface area (Å²) in [6, 6.07) is 12.4. The first-order valence-corrected chi connectivity index (χ1v) is 9.33. The lowest BCUT2D eigenvalue weighted by molar-refractivity contribution is -0.131. The number of methoxy groups -OCH3 is 2. The number of carboxylic acid groups (broad SMARTS) is 1. The molecule has 2 aromatic rings. The third-order valence-corrected chi connectivity index (χ3v) is 5.24. The van der Waals surface area contributed by atoms with Gasteiger partial charge in [0.15, 0.2) is 0 Å². The highest BCUT2D eigenvalue weighted by molar-refractivity contribution is 5.87. The van der Waals surface area contributed by atoms with Crippen LogP contribution in [0.1, 0.15) is 40.2 Å². The zero-order chi connectivity index (χ0) is 20.1. The van der Waals surface area contributed by atoms with Crippen molar-refractivity contribution in [1.29, 1.82) is 0 Å². The molecule has 0 spiro atoms. The number of aromatic carboxylic acids is 1. The van der Waals surface area contributed by atoms with Gasteiger partial charge in [0.2, 0.25) is 5.91 Å². The molecule has 0 unspecified atom stereocenters. The van der Waals surface area contributed by atoms with Crippen molar-refractivity contribution in [2.24, 2.45) is 0 Å². The minimum Gasteiger partial charge on any atom is -0.497 e. The van der Waals surface area contributed by atoms with Gasteiger partial charge in [0.05, 0.1) is 26.2 Å². The van der Waals surface area contributed by atoms with Gasteiger partial charge in [-0.2, -0.15) is 0 Å². The molecule has 0 aromatic heterocycles. The number of carbonyl (C=O) groups excluding carboxylic acids is 1. The van der Waals surface area contributed by atoms with Crippen LogP contribution in [0.3, 0.4) is 0 Å². The van der Waals surface area contributed by atoms with Crippen LogP contribution in [0.15, 0.2) is 42.5 Å². The fourth-order valence-electron chi connectivity index (χ4n) is 3.65. The van der Waals surface area contributed by atoms with E-state index in [-0.39, 0.29) is 23.8 Å². The highest BCUT2D eigenvalue weighted by Crippen LogP contribution is 2.29. The fourth-order valence-corrected chi connectivity index (χ4v) is 3.65. The summed E-state index contributed by atoms with van der Waals surface area (Å²) in [7, 11) is 3.18. The average Bonchev–Trinajstić information content (AvgIpc) is 2.74. The number of nitrogens with zero attached hydrogens (tertiary/aromatic N) is 1. The number of likely N-dealkylation sites (tertiary alicyclic amines) is 1. The number of hydrogen-bond acceptors (Lipinski definition) is 4. The summed E-state index contributed by atoms with van der Waals surface area (Å²) in [5.41, 5.74) is 2.19. The van der Waals surface area contributed by atoms with Crippen LogP contribution in [0.5, 0.6) is 11.5 Å². The molecule has 1 atom stereocenters. The van der Waals surface area contributed by atoms with E-state index in [1.54, 1.807) is 32.4 Å². The molecule has 1 heterocycles. The largest absolute Gasteiger partial charge is 0.497 e. The lowest BCUT2D eigenvalue weighted by Crippen LogP contribution is -2.40. The van der Waals surface area contributed by atoms with Crippen LogP contribution in [-0.2, 0) is 11.2 Å². The predicted octanol–water partition coefficient (Wildman–Crippen LogP) is 3.35. The fraction of sp³-hybridized carbons (Fsp3) is 0.364. The summed E-state index contributed by atoms with van der Waals surface area (Å²) in [6.07, 6.45) is 2.19. The van der Waals surface area contributed by atoms with Crippen molar-refractivity contribution in [3.63, 3.8) is 0 Å². The highest BCUT2D eigenvalue weighted by atomic mass is 16.5. The number of ether oxygens (including phenoxy) is 2. The zero-order valence-electron chi connectivity index (χ0n) is 16.2. The van der Waals surface area contributed by atoms with E-state index in [1.165, 1.54) is 0 Å². The first-order valence-electron chi connectivity index (χ1n) is 9.33. The molecule has 1 aliphatic heterocycles. The molecule has 2 aromatic carbocycles. The number of carboxylic acids is 1. The van der Waals surface area contributed by atoms with E-state index >= 15 is 0 Å². The molecule has 1 amide bonds. The predicted molar refractivity (Wildman–Crippen MR) is 105 cm³/mol. The molecule has 1 saturated heterocycles. The molecule has 0 saturated carbocycles. The molecule has 6 heteroatoms. The second kappa shape index (κ2) is 8.78. The van der Waals surface area contributed by atoms with Crippen molar-refractivity contribution in [2.75, 3.05) is 27.3 Å². The molecular formula is C22H25NO5. The van der Waals surface area contributed by atoms with Crippen LogP contribution >= 0.6 is 0 Å². The van der Waals surface area contributed by atoms with Gasteiger partial charge >= 0.3 is 5.97 Å². The summed E-state index contributed by atoms with van der Waals surface area (Å²) in [6.45, 7) is 1.38. The Morgan fingerprint density at radius 3 is 2.50 bits per heavy atom. The summed E-state index contributed by atoms with van der Waals surface area (Å²) in [5, 5.41) is 9.05. The van der Waals surface area contributed by atoms with Gasteiger partial charge in [-0.25, -0.2) is 4.79 Å². The van der Waals surface area contributed by atoms with Crippen LogP contribution in [0.4, 0.5) is 0 Å². The summed E-state index contributed by atoms with van der Waals surface area (Å²) >= 11 is 0. The number of piperidine rings is 1. The number of hydrogen-bond donors (Lipinski definition) is 1. The van der Waals surface area contributed by atoms with Crippen molar-refractivity contribution in [1.82, 2.24) is 4.90 Å². The molecule has 1 aliphatic rings. The van der Waals surface area contributed by atoms with Crippen LogP contribution in [0.25, 0.3) is 0 Å². The number of rotatable bonds is 6. The lowest BCUT2D eigenvalue weighted by atomic mass is 9.90. The Hall–Kier alpha value is -3.02. The smallest absolute Gasteiger partial charge is 0.335 e. The van der Waals surface area contributed by atoms with E-state index in [1.807, 2.05) is 29.2 Å². The number of benzene rings is 2. The van der Waals surface area contributed by atoms with Gasteiger partial charge in [-0.3, -0.25) is 4.79 Å². The number of amides is 1. The minimum absolute atomic E-state index is 0.0651. The molecule has 148 valence electrons. The van der Waals surface area contributed by atoms with Crippen molar-refractivity contribution in [3.8, 4) is 11.5 Å². The Morgan fingerprint density at radius 2 is 1.86 bits per heavy atom. The summed E-state index contributed by atoms with van der Waals surface area (Å²) in [4.78, 5) is 25.8. The van der Waals surface area contributed by atoms with Crippen molar-refractivity contribution in [2.45, 2.75) is 25.2 Å². The van der Waals surface area contributed by atoms with Crippen LogP contribution < -0.4 is 9.47 Å². The van der Waals surface area contributed by atoms with Crippen molar-refractivity contribution in [3.05, 3.63) is 59.2 Å². The molecule has 0 bridgehead atoms. The van der Waals surface area contributed by atoms with E-state index in [2.05, 4.69) is 0 Å². The van der Waals surface area contributed by atoms with Crippen LogP contribution in [0.2, 0.25) is 0 Å². The van der Waals surface area contributed by atoms with E-state index < -0.39 is 5.97 Å². The Kier molecular flexibility index (Phi) is 6.19. The quantitative estimate of drug-likeness (QED) is 0.828. The Labute approximate surface area is 164 Å². The first kappa shape index (κ1) is 19.7. The molecule has 0 aliphatic carbocycles. The van der Waals surface area contributed by atoms with Gasteiger partial charge in [-0.05, 0) is 36.6 Å². The highest BCUT2D eigenvalue weighted by Gasteiger charge is 2.25. The number of carbonyl (C=O) groups is 2. The van der Waals surface area contributed by atoms with Gasteiger partial charge in [0.1, 0.15) is 11.5 Å². The van der Waals surface area contributed by atoms with E-state index in [9.17, 15) is 9.59 Å². The maximum Gasteiger partial charge on any atom is 0.335 e. The van der Waals surface area contributed by atoms with Gasteiger partial charge in [-0.15, -0.1) is 0 Å². The lowest BCUT2D eigenvalue weighted by Gasteiger charge is -2.33. The van der Waals surface area contributed by atoms with E-state index in [0.717, 1.165) is 30.5 Å². The Balaban J connectivity index is 1.68. The molecule has 6 nitrogen and oxygen atoms in total. The van der Waals surface area contributed by atoms with Crippen molar-refractivity contribution < 1.29 is 24.2 Å². The normalized spacial score (nSPS) is 16.5. The van der Waals surface area contributed by atoms with Crippen LogP contribution in [0, 0.1) is 0 Å². The summed E-state index contributed by atoms with van der Waals surface area (Å²) < 4.78 is 10.6.